The fourth-order valence-electron chi connectivity index (χ4n) is 1.10. The van der Waals surface area contributed by atoms with Gasteiger partial charge in [0.15, 0.2) is 11.6 Å². The first kappa shape index (κ1) is 14.6. The van der Waals surface area contributed by atoms with Gasteiger partial charge in [-0.25, -0.2) is 8.78 Å². The number of benzene rings is 1. The Morgan fingerprint density at radius 2 is 1.61 bits per heavy atom. The molecule has 18 heavy (non-hydrogen) atoms. The van der Waals surface area contributed by atoms with Crippen LogP contribution in [-0.2, 0) is 17.7 Å². The lowest BCUT2D eigenvalue weighted by Crippen LogP contribution is -2.45. The first-order chi connectivity index (χ1) is 8.56. The second-order valence-electron chi connectivity index (χ2n) is 3.07. The Bertz CT molecular complexity index is 458. The molecule has 0 bridgehead atoms. The van der Waals surface area contributed by atoms with E-state index in [2.05, 4.69) is 12.0 Å². The van der Waals surface area contributed by atoms with Crippen molar-refractivity contribution >= 4 is 9.05 Å². The van der Waals surface area contributed by atoms with Crippen molar-refractivity contribution in [1.82, 2.24) is 0 Å². The van der Waals surface area contributed by atoms with Crippen LogP contribution >= 0.6 is 0 Å². The van der Waals surface area contributed by atoms with Crippen LogP contribution in [0.4, 0.5) is 8.78 Å². The molecule has 7 heteroatoms. The van der Waals surface area contributed by atoms with Gasteiger partial charge in [-0.1, -0.05) is 0 Å². The van der Waals surface area contributed by atoms with Crippen molar-refractivity contribution < 1.29 is 26.5 Å². The average Bonchev–Trinajstić information content (AvgIpc) is 2.39. The Hall–Kier alpha value is -1.46. The Morgan fingerprint density at radius 3 is 2.11 bits per heavy atom. The van der Waals surface area contributed by atoms with E-state index in [-0.39, 0.29) is 5.56 Å². The summed E-state index contributed by atoms with van der Waals surface area (Å²) in [6.07, 6.45) is 2.29. The highest BCUT2D eigenvalue weighted by atomic mass is 28.4. The third-order valence-corrected chi connectivity index (χ3v) is 3.89. The van der Waals surface area contributed by atoms with Gasteiger partial charge in [0.1, 0.15) is 6.11 Å². The molecule has 0 unspecified atom stereocenters. The Kier molecular flexibility index (Phi) is 5.24. The molecule has 0 fully saturated rings. The monoisotopic (exact) mass is 274 g/mol. The zero-order valence-corrected chi connectivity index (χ0v) is 11.1. The zero-order chi connectivity index (χ0) is 13.6. The summed E-state index contributed by atoms with van der Waals surface area (Å²) in [5, 5.41) is 0. The van der Waals surface area contributed by atoms with Crippen molar-refractivity contribution in [3.05, 3.63) is 35.4 Å². The van der Waals surface area contributed by atoms with Crippen LogP contribution in [0.2, 0.25) is 0 Å². The van der Waals surface area contributed by atoms with Crippen molar-refractivity contribution in [2.45, 2.75) is 0 Å². The van der Waals surface area contributed by atoms with Gasteiger partial charge in [-0.05, 0) is 24.1 Å². The molecule has 1 aromatic rings. The van der Waals surface area contributed by atoms with Crippen LogP contribution in [0.3, 0.4) is 0 Å². The SMILES string of the molecule is CO[Si](OC)(OC)OC#Cc1ccc(F)c(F)c1. The lowest BCUT2D eigenvalue weighted by atomic mass is 10.2. The van der Waals surface area contributed by atoms with Crippen LogP contribution in [0, 0.1) is 23.7 Å². The molecule has 0 aromatic heterocycles. The molecule has 0 saturated heterocycles. The molecule has 1 rings (SSSR count). The Balaban J connectivity index is 2.79. The number of hydrogen-bond acceptors (Lipinski definition) is 4. The van der Waals surface area contributed by atoms with Crippen LogP contribution < -0.4 is 0 Å². The summed E-state index contributed by atoms with van der Waals surface area (Å²) in [4.78, 5) is 0. The summed E-state index contributed by atoms with van der Waals surface area (Å²) in [5.41, 5.74) is 0.264. The molecule has 0 radical (unpaired) electrons. The Morgan fingerprint density at radius 1 is 1.00 bits per heavy atom. The van der Waals surface area contributed by atoms with Gasteiger partial charge in [-0.15, -0.1) is 0 Å². The summed E-state index contributed by atoms with van der Waals surface area (Å²) in [5.74, 6) is 0.576. The smallest absolute Gasteiger partial charge is 0.429 e. The molecule has 0 aliphatic rings. The van der Waals surface area contributed by atoms with Gasteiger partial charge in [-0.3, -0.25) is 0 Å². The van der Waals surface area contributed by atoms with Gasteiger partial charge >= 0.3 is 9.05 Å². The fourth-order valence-corrected chi connectivity index (χ4v) is 2.02. The summed E-state index contributed by atoms with van der Waals surface area (Å²) in [6, 6.07) is 3.26. The lowest BCUT2D eigenvalue weighted by molar-refractivity contribution is 0.0409. The Labute approximate surface area is 105 Å². The fraction of sp³-hybridized carbons (Fsp3) is 0.273. The summed E-state index contributed by atoms with van der Waals surface area (Å²) < 4.78 is 45.5. The van der Waals surface area contributed by atoms with Crippen LogP contribution in [0.1, 0.15) is 5.56 Å². The third-order valence-electron chi connectivity index (χ3n) is 2.04. The molecule has 0 aliphatic carbocycles. The van der Waals surface area contributed by atoms with E-state index >= 15 is 0 Å². The summed E-state index contributed by atoms with van der Waals surface area (Å²) >= 11 is 0. The highest BCUT2D eigenvalue weighted by molar-refractivity contribution is 6.53. The van der Waals surface area contributed by atoms with Crippen LogP contribution in [-0.4, -0.2) is 30.4 Å². The molecule has 98 valence electrons. The molecule has 0 aliphatic heterocycles. The minimum atomic E-state index is -3.24. The minimum absolute atomic E-state index is 0.264. The highest BCUT2D eigenvalue weighted by Crippen LogP contribution is 2.09. The highest BCUT2D eigenvalue weighted by Gasteiger charge is 2.44. The zero-order valence-electron chi connectivity index (χ0n) is 10.1. The van der Waals surface area contributed by atoms with Gasteiger partial charge in [0.25, 0.3) is 0 Å². The van der Waals surface area contributed by atoms with Crippen LogP contribution in [0.25, 0.3) is 0 Å². The van der Waals surface area contributed by atoms with Crippen LogP contribution in [0.5, 0.6) is 0 Å². The maximum absolute atomic E-state index is 12.9. The molecular formula is C11H12F2O4Si. The van der Waals surface area contributed by atoms with E-state index in [1.807, 2.05) is 0 Å². The maximum Gasteiger partial charge on any atom is 0.757 e. The molecular weight excluding hydrogens is 262 g/mol. The second-order valence-corrected chi connectivity index (χ2v) is 5.50. The molecule has 0 saturated carbocycles. The van der Waals surface area contributed by atoms with Crippen molar-refractivity contribution in [2.24, 2.45) is 0 Å². The van der Waals surface area contributed by atoms with Gasteiger partial charge in [0, 0.05) is 26.9 Å². The molecule has 1 aromatic carbocycles. The topological polar surface area (TPSA) is 36.9 Å². The predicted molar refractivity (Wildman–Crippen MR) is 61.1 cm³/mol. The van der Waals surface area contributed by atoms with Crippen LogP contribution in [0.15, 0.2) is 18.2 Å². The van der Waals surface area contributed by atoms with Gasteiger partial charge in [0.05, 0.1) is 0 Å². The molecule has 0 amide bonds. The molecule has 0 spiro atoms. The van der Waals surface area contributed by atoms with E-state index < -0.39 is 20.7 Å². The van der Waals surface area contributed by atoms with E-state index in [0.29, 0.717) is 0 Å². The molecule has 0 atom stereocenters. The van der Waals surface area contributed by atoms with Crippen molar-refractivity contribution in [3.63, 3.8) is 0 Å². The van der Waals surface area contributed by atoms with E-state index in [1.165, 1.54) is 27.4 Å². The summed E-state index contributed by atoms with van der Waals surface area (Å²) in [6.45, 7) is 0. The standard InChI is InChI=1S/C11H12F2O4Si/c1-14-18(15-2,16-3)17-7-6-9-4-5-10(12)11(13)8-9/h4-5,8H,1-3H3. The number of halogens is 2. The van der Waals surface area contributed by atoms with Crippen molar-refractivity contribution in [3.8, 4) is 12.0 Å². The quantitative estimate of drug-likeness (QED) is 0.618. The first-order valence-electron chi connectivity index (χ1n) is 4.86. The first-order valence-corrected chi connectivity index (χ1v) is 6.49. The molecule has 0 heterocycles. The number of rotatable bonds is 4. The molecule has 4 nitrogen and oxygen atoms in total. The normalized spacial score (nSPS) is 10.7. The lowest BCUT2D eigenvalue weighted by Gasteiger charge is -2.18. The van der Waals surface area contributed by atoms with E-state index in [4.69, 9.17) is 17.7 Å². The third kappa shape index (κ3) is 3.51. The minimum Gasteiger partial charge on any atom is -0.429 e. The largest absolute Gasteiger partial charge is 0.757 e. The van der Waals surface area contributed by atoms with Crippen molar-refractivity contribution in [1.29, 1.82) is 0 Å². The van der Waals surface area contributed by atoms with Gasteiger partial charge < -0.3 is 17.7 Å². The maximum atomic E-state index is 12.9. The average molecular weight is 274 g/mol. The van der Waals surface area contributed by atoms with Gasteiger partial charge in [-0.2, -0.15) is 0 Å². The molecule has 0 N–H and O–H groups in total. The van der Waals surface area contributed by atoms with Gasteiger partial charge in [0.2, 0.25) is 0 Å². The predicted octanol–water partition coefficient (Wildman–Crippen LogP) is 1.67. The summed E-state index contributed by atoms with van der Waals surface area (Å²) in [7, 11) is 0.842. The van der Waals surface area contributed by atoms with E-state index in [0.717, 1.165) is 12.1 Å². The second kappa shape index (κ2) is 6.46. The van der Waals surface area contributed by atoms with E-state index in [9.17, 15) is 8.78 Å². The van der Waals surface area contributed by atoms with E-state index in [1.54, 1.807) is 0 Å². The van der Waals surface area contributed by atoms with Crippen molar-refractivity contribution in [2.75, 3.05) is 21.3 Å². The number of hydrogen-bond donors (Lipinski definition) is 0.